The third kappa shape index (κ3) is 2.54. The highest BCUT2D eigenvalue weighted by atomic mass is 16.5. The Morgan fingerprint density at radius 2 is 2.25 bits per heavy atom. The molecule has 0 spiro atoms. The fourth-order valence-corrected chi connectivity index (χ4v) is 3.43. The van der Waals surface area contributed by atoms with Gasteiger partial charge in [0.1, 0.15) is 0 Å². The monoisotopic (exact) mass is 276 g/mol. The van der Waals surface area contributed by atoms with Gasteiger partial charge in [-0.1, -0.05) is 6.92 Å². The van der Waals surface area contributed by atoms with Crippen molar-refractivity contribution in [1.29, 1.82) is 0 Å². The highest BCUT2D eigenvalue weighted by Gasteiger charge is 2.25. The number of ether oxygens (including phenoxy) is 1. The summed E-state index contributed by atoms with van der Waals surface area (Å²) < 4.78 is 8.22. The molecule has 2 heterocycles. The lowest BCUT2D eigenvalue weighted by molar-refractivity contribution is -0.0348. The van der Waals surface area contributed by atoms with Gasteiger partial charge in [0.2, 0.25) is 0 Å². The van der Waals surface area contributed by atoms with Gasteiger partial charge in [0.05, 0.1) is 19.3 Å². The molecule has 20 heavy (non-hydrogen) atoms. The van der Waals surface area contributed by atoms with E-state index in [9.17, 15) is 4.79 Å². The number of nitrogens with zero attached hydrogens (tertiary/aromatic N) is 2. The number of likely N-dealkylation sites (N-methyl/N-ethyl adjacent to an activating group) is 1. The Labute approximate surface area is 120 Å². The molecule has 0 bridgehead atoms. The number of Topliss-reactive ketones (excluding diaryl/α,β-unsaturated/α-hetero) is 1. The zero-order chi connectivity index (χ0) is 14.1. The Hall–Kier alpha value is -1.13. The SMILES string of the molecule is CCN1CCOC(Cn2c(C)cc3c2CCCC3=O)C1. The lowest BCUT2D eigenvalue weighted by Crippen LogP contribution is -2.44. The van der Waals surface area contributed by atoms with Crippen molar-refractivity contribution in [3.8, 4) is 0 Å². The zero-order valence-corrected chi connectivity index (χ0v) is 12.5. The molecule has 1 aromatic heterocycles. The second-order valence-corrected chi connectivity index (χ2v) is 5.92. The minimum absolute atomic E-state index is 0.246. The predicted octanol–water partition coefficient (Wildman–Crippen LogP) is 2.04. The number of hydrogen-bond donors (Lipinski definition) is 0. The van der Waals surface area contributed by atoms with Gasteiger partial charge >= 0.3 is 0 Å². The highest BCUT2D eigenvalue weighted by Crippen LogP contribution is 2.25. The Morgan fingerprint density at radius 1 is 1.40 bits per heavy atom. The smallest absolute Gasteiger partial charge is 0.164 e. The summed E-state index contributed by atoms with van der Waals surface area (Å²) in [6.45, 7) is 9.12. The Morgan fingerprint density at radius 3 is 3.05 bits per heavy atom. The molecule has 0 N–H and O–H groups in total. The maximum absolute atomic E-state index is 12.0. The number of fused-ring (bicyclic) bond motifs is 1. The molecule has 1 aromatic rings. The van der Waals surface area contributed by atoms with E-state index in [0.29, 0.717) is 12.2 Å². The summed E-state index contributed by atoms with van der Waals surface area (Å²) in [4.78, 5) is 14.4. The molecular weight excluding hydrogens is 252 g/mol. The fraction of sp³-hybridized carbons (Fsp3) is 0.688. The first-order chi connectivity index (χ1) is 9.69. The number of aromatic nitrogens is 1. The number of carbonyl (C=O) groups is 1. The summed E-state index contributed by atoms with van der Waals surface area (Å²) in [6.07, 6.45) is 2.97. The first kappa shape index (κ1) is 13.8. The van der Waals surface area contributed by atoms with Gasteiger partial charge in [0.15, 0.2) is 5.78 Å². The van der Waals surface area contributed by atoms with Gasteiger partial charge in [-0.25, -0.2) is 0 Å². The van der Waals surface area contributed by atoms with Crippen molar-refractivity contribution < 1.29 is 9.53 Å². The van der Waals surface area contributed by atoms with Crippen molar-refractivity contribution in [2.45, 2.75) is 45.8 Å². The summed E-state index contributed by atoms with van der Waals surface area (Å²) in [5.74, 6) is 0.313. The standard InChI is InChI=1S/C16H24N2O2/c1-3-17-7-8-20-13(10-17)11-18-12(2)9-14-15(18)5-4-6-16(14)19/h9,13H,3-8,10-11H2,1-2H3. The van der Waals surface area contributed by atoms with Gasteiger partial charge in [0.25, 0.3) is 0 Å². The largest absolute Gasteiger partial charge is 0.374 e. The van der Waals surface area contributed by atoms with Gasteiger partial charge in [-0.05, 0) is 32.4 Å². The molecule has 0 amide bonds. The molecule has 0 saturated carbocycles. The van der Waals surface area contributed by atoms with Crippen LogP contribution in [0.5, 0.6) is 0 Å². The summed E-state index contributed by atoms with van der Waals surface area (Å²) in [5, 5.41) is 0. The number of hydrogen-bond acceptors (Lipinski definition) is 3. The first-order valence-corrected chi connectivity index (χ1v) is 7.75. The summed E-state index contributed by atoms with van der Waals surface area (Å²) in [6, 6.07) is 2.07. The van der Waals surface area contributed by atoms with Crippen molar-refractivity contribution in [2.24, 2.45) is 0 Å². The minimum atomic E-state index is 0.246. The van der Waals surface area contributed by atoms with Crippen molar-refractivity contribution in [2.75, 3.05) is 26.2 Å². The Balaban J connectivity index is 1.79. The van der Waals surface area contributed by atoms with Gasteiger partial charge in [-0.3, -0.25) is 9.69 Å². The van der Waals surface area contributed by atoms with E-state index in [1.807, 2.05) is 0 Å². The Kier molecular flexibility index (Phi) is 3.94. The predicted molar refractivity (Wildman–Crippen MR) is 78.3 cm³/mol. The van der Waals surface area contributed by atoms with Gasteiger partial charge < -0.3 is 9.30 Å². The molecule has 2 aliphatic rings. The molecule has 1 saturated heterocycles. The zero-order valence-electron chi connectivity index (χ0n) is 12.5. The third-order valence-electron chi connectivity index (χ3n) is 4.59. The molecule has 1 aliphatic carbocycles. The first-order valence-electron chi connectivity index (χ1n) is 7.75. The lowest BCUT2D eigenvalue weighted by Gasteiger charge is -2.33. The molecule has 1 atom stereocenters. The summed E-state index contributed by atoms with van der Waals surface area (Å²) in [5.41, 5.74) is 3.38. The van der Waals surface area contributed by atoms with Crippen molar-refractivity contribution in [3.63, 3.8) is 0 Å². The van der Waals surface area contributed by atoms with Crippen molar-refractivity contribution in [1.82, 2.24) is 9.47 Å². The van der Waals surface area contributed by atoms with E-state index in [2.05, 4.69) is 29.4 Å². The maximum atomic E-state index is 12.0. The Bertz CT molecular complexity index is 507. The molecule has 0 aromatic carbocycles. The van der Waals surface area contributed by atoms with Crippen LogP contribution >= 0.6 is 0 Å². The molecule has 4 heteroatoms. The normalized spacial score (nSPS) is 23.9. The van der Waals surface area contributed by atoms with E-state index in [1.165, 1.54) is 11.4 Å². The summed E-state index contributed by atoms with van der Waals surface area (Å²) >= 11 is 0. The minimum Gasteiger partial charge on any atom is -0.374 e. The van der Waals surface area contributed by atoms with E-state index >= 15 is 0 Å². The molecule has 4 nitrogen and oxygen atoms in total. The van der Waals surface area contributed by atoms with E-state index in [0.717, 1.165) is 51.2 Å². The van der Waals surface area contributed by atoms with Crippen LogP contribution in [0.15, 0.2) is 6.07 Å². The van der Waals surface area contributed by atoms with Crippen LogP contribution in [-0.4, -0.2) is 47.6 Å². The number of aryl methyl sites for hydroxylation is 1. The van der Waals surface area contributed by atoms with Crippen LogP contribution in [0.3, 0.4) is 0 Å². The number of ketones is 1. The van der Waals surface area contributed by atoms with Crippen LogP contribution in [-0.2, 0) is 17.7 Å². The van der Waals surface area contributed by atoms with E-state index in [4.69, 9.17) is 4.74 Å². The average molecular weight is 276 g/mol. The van der Waals surface area contributed by atoms with E-state index < -0.39 is 0 Å². The third-order valence-corrected chi connectivity index (χ3v) is 4.59. The van der Waals surface area contributed by atoms with Crippen LogP contribution in [0.2, 0.25) is 0 Å². The topological polar surface area (TPSA) is 34.5 Å². The quantitative estimate of drug-likeness (QED) is 0.847. The number of rotatable bonds is 3. The van der Waals surface area contributed by atoms with Gasteiger partial charge in [-0.15, -0.1) is 0 Å². The molecule has 1 aliphatic heterocycles. The molecule has 1 fully saturated rings. The fourth-order valence-electron chi connectivity index (χ4n) is 3.43. The van der Waals surface area contributed by atoms with Crippen LogP contribution < -0.4 is 0 Å². The average Bonchev–Trinajstić information content (AvgIpc) is 2.78. The van der Waals surface area contributed by atoms with E-state index in [1.54, 1.807) is 0 Å². The second-order valence-electron chi connectivity index (χ2n) is 5.92. The van der Waals surface area contributed by atoms with E-state index in [-0.39, 0.29) is 6.10 Å². The highest BCUT2D eigenvalue weighted by molar-refractivity contribution is 5.98. The van der Waals surface area contributed by atoms with Crippen LogP contribution in [0, 0.1) is 6.92 Å². The van der Waals surface area contributed by atoms with Crippen LogP contribution in [0.1, 0.15) is 41.5 Å². The van der Waals surface area contributed by atoms with Crippen LogP contribution in [0.4, 0.5) is 0 Å². The van der Waals surface area contributed by atoms with Gasteiger partial charge in [0, 0.05) is 36.5 Å². The van der Waals surface area contributed by atoms with Crippen LogP contribution in [0.25, 0.3) is 0 Å². The maximum Gasteiger partial charge on any atom is 0.164 e. The molecule has 0 radical (unpaired) electrons. The second kappa shape index (κ2) is 5.70. The van der Waals surface area contributed by atoms with Crippen molar-refractivity contribution >= 4 is 5.78 Å². The summed E-state index contributed by atoms with van der Waals surface area (Å²) in [7, 11) is 0. The molecule has 110 valence electrons. The van der Waals surface area contributed by atoms with Crippen molar-refractivity contribution in [3.05, 3.63) is 23.0 Å². The molecular formula is C16H24N2O2. The molecule has 1 unspecified atom stereocenters. The lowest BCUT2D eigenvalue weighted by atomic mass is 9.96. The molecule has 3 rings (SSSR count). The van der Waals surface area contributed by atoms with Gasteiger partial charge in [-0.2, -0.15) is 0 Å². The number of morpholine rings is 1. The number of carbonyl (C=O) groups excluding carboxylic acids is 1.